The maximum atomic E-state index is 8.00. The van der Waals surface area contributed by atoms with E-state index in [1.165, 1.54) is 16.3 Å². The Labute approximate surface area is 121 Å². The molecule has 0 unspecified atom stereocenters. The number of aromatic nitrogens is 2. The summed E-state index contributed by atoms with van der Waals surface area (Å²) >= 11 is 0. The molecule has 3 aromatic rings. The first-order valence-electron chi connectivity index (χ1n) is 6.67. The predicted molar refractivity (Wildman–Crippen MR) is 77.4 cm³/mol. The highest BCUT2D eigenvalue weighted by atomic mass is 20.0. The molecule has 21 heavy (non-hydrogen) atoms. The summed E-state index contributed by atoms with van der Waals surface area (Å²) in [7, 11) is 0. The summed E-state index contributed by atoms with van der Waals surface area (Å²) < 4.78 is 21.7. The molecular weight excluding hydrogens is 274 g/mol. The smallest absolute Gasteiger partial charge is 0.220 e. The summed E-state index contributed by atoms with van der Waals surface area (Å²) in [6.45, 7) is 4.10. The van der Waals surface area contributed by atoms with Gasteiger partial charge in [-0.05, 0) is 16.3 Å². The van der Waals surface area contributed by atoms with Crippen molar-refractivity contribution in [2.75, 3.05) is 0 Å². The summed E-state index contributed by atoms with van der Waals surface area (Å²) in [6.07, 6.45) is 0.682. The predicted octanol–water partition coefficient (Wildman–Crippen LogP) is 4.78. The van der Waals surface area contributed by atoms with Crippen LogP contribution < -0.4 is 0 Å². The number of halogens is 2. The molecule has 0 radical (unpaired) electrons. The van der Waals surface area contributed by atoms with Gasteiger partial charge in [0.25, 0.3) is 0 Å². The van der Waals surface area contributed by atoms with Crippen molar-refractivity contribution in [3.8, 4) is 0 Å². The van der Waals surface area contributed by atoms with Crippen LogP contribution in [0.3, 0.4) is 0 Å². The summed E-state index contributed by atoms with van der Waals surface area (Å²) in [4.78, 5) is 0. The number of fused-ring (bicyclic) bond motifs is 1. The minimum absolute atomic E-state index is 0.272. The van der Waals surface area contributed by atoms with Gasteiger partial charge in [-0.1, -0.05) is 56.3 Å². The highest BCUT2D eigenvalue weighted by Gasteiger charge is 2.11. The molecule has 0 saturated carbocycles. The van der Waals surface area contributed by atoms with E-state index in [1.807, 2.05) is 0 Å². The molecule has 0 fully saturated rings. The topological polar surface area (TPSA) is 38.9 Å². The van der Waals surface area contributed by atoms with E-state index in [0.717, 1.165) is 0 Å². The maximum Gasteiger partial charge on any atom is 0.220 e. The lowest BCUT2D eigenvalue weighted by molar-refractivity contribution is 0.108. The van der Waals surface area contributed by atoms with Gasteiger partial charge in [0.1, 0.15) is 0 Å². The highest BCUT2D eigenvalue weighted by Crippen LogP contribution is 2.21. The Morgan fingerprint density at radius 2 is 1.71 bits per heavy atom. The van der Waals surface area contributed by atoms with Gasteiger partial charge in [0, 0.05) is 15.1 Å². The van der Waals surface area contributed by atoms with Gasteiger partial charge in [0.15, 0.2) is 0 Å². The Bertz CT molecular complexity index is 705. The third-order valence-electron chi connectivity index (χ3n) is 3.20. The number of benzene rings is 2. The molecule has 3 nitrogen and oxygen atoms in total. The highest BCUT2D eigenvalue weighted by molar-refractivity contribution is 5.85. The first-order chi connectivity index (χ1) is 10.2. The summed E-state index contributed by atoms with van der Waals surface area (Å²) in [5.74, 6) is 1.66. The van der Waals surface area contributed by atoms with Gasteiger partial charge in [0.05, 0.1) is 6.42 Å². The second-order valence-electron chi connectivity index (χ2n) is 5.00. The van der Waals surface area contributed by atoms with Crippen molar-refractivity contribution in [2.24, 2.45) is 0 Å². The molecule has 1 aromatic heterocycles. The fourth-order valence-corrected chi connectivity index (χ4v) is 2.18. The van der Waals surface area contributed by atoms with Gasteiger partial charge in [-0.2, -0.15) is 0 Å². The minimum atomic E-state index is 0.272. The van der Waals surface area contributed by atoms with E-state index < -0.39 is 0 Å². The van der Waals surface area contributed by atoms with Gasteiger partial charge >= 0.3 is 0 Å². The quantitative estimate of drug-likeness (QED) is 0.697. The Hall–Kier alpha value is -2.30. The van der Waals surface area contributed by atoms with Crippen LogP contribution in [0.5, 0.6) is 0 Å². The van der Waals surface area contributed by atoms with E-state index in [0.29, 0.717) is 18.2 Å². The minimum Gasteiger partial charge on any atom is -0.425 e. The van der Waals surface area contributed by atoms with Crippen molar-refractivity contribution in [1.29, 1.82) is 0 Å². The van der Waals surface area contributed by atoms with E-state index in [2.05, 4.69) is 66.5 Å². The Balaban J connectivity index is 0.000000774. The molecule has 0 saturated heterocycles. The molecule has 3 rings (SSSR count). The first kappa shape index (κ1) is 15.1. The fraction of sp³-hybridized carbons (Fsp3) is 0.250. The zero-order chi connectivity index (χ0) is 15.2. The fourth-order valence-electron chi connectivity index (χ4n) is 2.18. The second-order valence-corrected chi connectivity index (χ2v) is 5.00. The molecule has 1 heterocycles. The standard InChI is InChI=1S/C16H16N2O.F2/c1-11(2)16-18-17-15(19-16)10-13-8-5-7-12-6-3-4-9-14(12)13;1-2/h3-9,11H,10H2,1-2H3;. The van der Waals surface area contributed by atoms with Crippen molar-refractivity contribution in [1.82, 2.24) is 10.2 Å². The van der Waals surface area contributed by atoms with Crippen molar-refractivity contribution < 1.29 is 13.6 Å². The van der Waals surface area contributed by atoms with Gasteiger partial charge in [-0.15, -0.1) is 10.2 Å². The Morgan fingerprint density at radius 1 is 1.00 bits per heavy atom. The SMILES string of the molecule is CC(C)c1nnc(Cc2cccc3ccccc23)o1.FF. The van der Waals surface area contributed by atoms with Gasteiger partial charge in [-0.25, -0.2) is 0 Å². The summed E-state index contributed by atoms with van der Waals surface area (Å²) in [5.41, 5.74) is 1.22. The van der Waals surface area contributed by atoms with Crippen LogP contribution in [0.2, 0.25) is 0 Å². The molecule has 0 aliphatic heterocycles. The average Bonchev–Trinajstić information content (AvgIpc) is 2.99. The van der Waals surface area contributed by atoms with E-state index in [1.54, 1.807) is 0 Å². The lowest BCUT2D eigenvalue weighted by atomic mass is 10.0. The zero-order valence-electron chi connectivity index (χ0n) is 11.9. The van der Waals surface area contributed by atoms with Crippen LogP contribution in [0, 0.1) is 0 Å². The normalized spacial score (nSPS) is 10.5. The van der Waals surface area contributed by atoms with Crippen LogP contribution in [0.25, 0.3) is 10.8 Å². The van der Waals surface area contributed by atoms with E-state index in [9.17, 15) is 0 Å². The lowest BCUT2D eigenvalue weighted by Crippen LogP contribution is -1.90. The van der Waals surface area contributed by atoms with Gasteiger partial charge < -0.3 is 4.42 Å². The summed E-state index contributed by atoms with van der Waals surface area (Å²) in [5, 5.41) is 10.7. The van der Waals surface area contributed by atoms with Crippen LogP contribution in [0.4, 0.5) is 9.15 Å². The molecule has 0 aliphatic rings. The van der Waals surface area contributed by atoms with Crippen LogP contribution in [0.1, 0.15) is 37.1 Å². The molecule has 0 aliphatic carbocycles. The molecule has 5 heteroatoms. The van der Waals surface area contributed by atoms with Crippen molar-refractivity contribution in [2.45, 2.75) is 26.2 Å². The number of hydrogen-bond donors (Lipinski definition) is 0. The van der Waals surface area contributed by atoms with Crippen molar-refractivity contribution in [3.63, 3.8) is 0 Å². The average molecular weight is 290 g/mol. The largest absolute Gasteiger partial charge is 0.425 e. The molecular formula is C16H16F2N2O. The Morgan fingerprint density at radius 3 is 2.43 bits per heavy atom. The number of rotatable bonds is 3. The van der Waals surface area contributed by atoms with Crippen molar-refractivity contribution in [3.05, 3.63) is 59.8 Å². The van der Waals surface area contributed by atoms with Gasteiger partial charge in [0.2, 0.25) is 11.8 Å². The van der Waals surface area contributed by atoms with Crippen LogP contribution in [-0.2, 0) is 6.42 Å². The maximum absolute atomic E-state index is 8.00. The van der Waals surface area contributed by atoms with Crippen LogP contribution in [-0.4, -0.2) is 10.2 Å². The van der Waals surface area contributed by atoms with Crippen LogP contribution in [0.15, 0.2) is 46.9 Å². The molecule has 110 valence electrons. The zero-order valence-corrected chi connectivity index (χ0v) is 11.9. The monoisotopic (exact) mass is 290 g/mol. The molecule has 0 atom stereocenters. The molecule has 0 amide bonds. The number of nitrogens with zero attached hydrogens (tertiary/aromatic N) is 2. The third kappa shape index (κ3) is 3.42. The van der Waals surface area contributed by atoms with Gasteiger partial charge in [-0.3, -0.25) is 0 Å². The van der Waals surface area contributed by atoms with E-state index >= 15 is 0 Å². The Kier molecular flexibility index (Phi) is 4.98. The molecule has 0 N–H and O–H groups in total. The van der Waals surface area contributed by atoms with Crippen LogP contribution >= 0.6 is 0 Å². The number of hydrogen-bond acceptors (Lipinski definition) is 3. The van der Waals surface area contributed by atoms with E-state index in [-0.39, 0.29) is 5.92 Å². The van der Waals surface area contributed by atoms with Crippen molar-refractivity contribution >= 4 is 10.8 Å². The molecule has 0 spiro atoms. The third-order valence-corrected chi connectivity index (χ3v) is 3.20. The molecule has 2 aromatic carbocycles. The second kappa shape index (κ2) is 6.92. The van der Waals surface area contributed by atoms with E-state index in [4.69, 9.17) is 13.6 Å². The summed E-state index contributed by atoms with van der Waals surface area (Å²) in [6, 6.07) is 14.6. The first-order valence-corrected chi connectivity index (χ1v) is 6.67. The molecule has 0 bridgehead atoms. The lowest BCUT2D eigenvalue weighted by Gasteiger charge is -2.03.